The van der Waals surface area contributed by atoms with E-state index in [4.69, 9.17) is 4.74 Å². The Balaban J connectivity index is 2.53. The molecule has 0 fully saturated rings. The Morgan fingerprint density at radius 3 is 2.94 bits per heavy atom. The lowest BCUT2D eigenvalue weighted by molar-refractivity contribution is 0.313. The van der Waals surface area contributed by atoms with Gasteiger partial charge in [0, 0.05) is 6.07 Å². The van der Waals surface area contributed by atoms with Gasteiger partial charge in [-0.25, -0.2) is 0 Å². The SMILES string of the molecule is CCOc1nc2[nH]c(=O)cc(CC(C)C)n2n1. The third kappa shape index (κ3) is 2.46. The molecule has 6 heteroatoms. The third-order valence-corrected chi connectivity index (χ3v) is 2.28. The maximum Gasteiger partial charge on any atom is 0.337 e. The number of aromatic amines is 1. The summed E-state index contributed by atoms with van der Waals surface area (Å²) in [5.41, 5.74) is 0.681. The second-order valence-corrected chi connectivity index (χ2v) is 4.29. The van der Waals surface area contributed by atoms with Gasteiger partial charge >= 0.3 is 6.01 Å². The van der Waals surface area contributed by atoms with Crippen molar-refractivity contribution in [3.8, 4) is 6.01 Å². The summed E-state index contributed by atoms with van der Waals surface area (Å²) in [5, 5.41) is 4.21. The van der Waals surface area contributed by atoms with Crippen molar-refractivity contribution < 1.29 is 4.74 Å². The van der Waals surface area contributed by atoms with Gasteiger partial charge in [-0.05, 0) is 19.3 Å². The summed E-state index contributed by atoms with van der Waals surface area (Å²) in [6.07, 6.45) is 0.773. The molecular weight excluding hydrogens is 220 g/mol. The number of H-pyrrole nitrogens is 1. The van der Waals surface area contributed by atoms with Crippen molar-refractivity contribution in [1.29, 1.82) is 0 Å². The van der Waals surface area contributed by atoms with E-state index in [-0.39, 0.29) is 5.56 Å². The third-order valence-electron chi connectivity index (χ3n) is 2.28. The first-order chi connectivity index (χ1) is 8.10. The Morgan fingerprint density at radius 2 is 2.29 bits per heavy atom. The number of fused-ring (bicyclic) bond motifs is 1. The van der Waals surface area contributed by atoms with Crippen LogP contribution < -0.4 is 10.3 Å². The molecule has 0 saturated heterocycles. The van der Waals surface area contributed by atoms with E-state index in [1.807, 2.05) is 6.92 Å². The Hall–Kier alpha value is -1.85. The average molecular weight is 236 g/mol. The topological polar surface area (TPSA) is 72.3 Å². The number of hydrogen-bond donors (Lipinski definition) is 1. The molecule has 0 unspecified atom stereocenters. The minimum Gasteiger partial charge on any atom is -0.463 e. The summed E-state index contributed by atoms with van der Waals surface area (Å²) < 4.78 is 6.86. The Morgan fingerprint density at radius 1 is 1.53 bits per heavy atom. The second-order valence-electron chi connectivity index (χ2n) is 4.29. The maximum atomic E-state index is 11.5. The van der Waals surface area contributed by atoms with Crippen LogP contribution in [0.4, 0.5) is 0 Å². The van der Waals surface area contributed by atoms with Gasteiger partial charge in [0.2, 0.25) is 5.78 Å². The molecule has 0 aliphatic heterocycles. The van der Waals surface area contributed by atoms with Crippen LogP contribution in [0.15, 0.2) is 10.9 Å². The summed E-state index contributed by atoms with van der Waals surface area (Å²) in [6, 6.07) is 1.84. The van der Waals surface area contributed by atoms with Gasteiger partial charge in [0.15, 0.2) is 0 Å². The molecule has 2 aromatic heterocycles. The highest BCUT2D eigenvalue weighted by Crippen LogP contribution is 2.10. The van der Waals surface area contributed by atoms with Gasteiger partial charge in [0.25, 0.3) is 5.56 Å². The van der Waals surface area contributed by atoms with E-state index in [2.05, 4.69) is 28.9 Å². The van der Waals surface area contributed by atoms with E-state index in [1.165, 1.54) is 0 Å². The van der Waals surface area contributed by atoms with Gasteiger partial charge in [-0.2, -0.15) is 9.50 Å². The van der Waals surface area contributed by atoms with Crippen molar-refractivity contribution >= 4 is 5.78 Å². The Kier molecular flexibility index (Phi) is 3.12. The second kappa shape index (κ2) is 4.57. The van der Waals surface area contributed by atoms with Crippen LogP contribution in [-0.2, 0) is 6.42 Å². The Bertz CT molecular complexity index is 570. The van der Waals surface area contributed by atoms with Crippen molar-refractivity contribution in [2.45, 2.75) is 27.2 Å². The first kappa shape index (κ1) is 11.6. The minimum atomic E-state index is -0.163. The van der Waals surface area contributed by atoms with Crippen molar-refractivity contribution in [2.24, 2.45) is 5.92 Å². The smallest absolute Gasteiger partial charge is 0.337 e. The van der Waals surface area contributed by atoms with E-state index in [1.54, 1.807) is 10.6 Å². The van der Waals surface area contributed by atoms with Gasteiger partial charge in [0.1, 0.15) is 0 Å². The van der Waals surface area contributed by atoms with Crippen molar-refractivity contribution in [3.63, 3.8) is 0 Å². The maximum absolute atomic E-state index is 11.5. The lowest BCUT2D eigenvalue weighted by Crippen LogP contribution is -2.13. The van der Waals surface area contributed by atoms with Gasteiger partial charge < -0.3 is 4.74 Å². The van der Waals surface area contributed by atoms with Gasteiger partial charge in [-0.1, -0.05) is 13.8 Å². The molecule has 0 bridgehead atoms. The zero-order valence-corrected chi connectivity index (χ0v) is 10.2. The number of nitrogens with one attached hydrogen (secondary N) is 1. The molecule has 0 amide bonds. The number of aromatic nitrogens is 4. The highest BCUT2D eigenvalue weighted by atomic mass is 16.5. The van der Waals surface area contributed by atoms with E-state index in [9.17, 15) is 4.79 Å². The highest BCUT2D eigenvalue weighted by molar-refractivity contribution is 5.30. The molecule has 2 heterocycles. The predicted molar refractivity (Wildman–Crippen MR) is 63.3 cm³/mol. The van der Waals surface area contributed by atoms with Crippen LogP contribution in [-0.4, -0.2) is 26.2 Å². The fourth-order valence-electron chi connectivity index (χ4n) is 1.69. The minimum absolute atomic E-state index is 0.163. The van der Waals surface area contributed by atoms with Crippen LogP contribution in [0.3, 0.4) is 0 Å². The van der Waals surface area contributed by atoms with Crippen LogP contribution in [0.25, 0.3) is 5.78 Å². The molecule has 1 N–H and O–H groups in total. The summed E-state index contributed by atoms with van der Waals surface area (Å²) >= 11 is 0. The molecule has 6 nitrogen and oxygen atoms in total. The molecule has 2 rings (SSSR count). The van der Waals surface area contributed by atoms with Crippen LogP contribution >= 0.6 is 0 Å². The summed E-state index contributed by atoms with van der Waals surface area (Å²) in [7, 11) is 0. The van der Waals surface area contributed by atoms with E-state index in [0.29, 0.717) is 24.3 Å². The monoisotopic (exact) mass is 236 g/mol. The zero-order valence-electron chi connectivity index (χ0n) is 10.2. The Labute approximate surface area is 98.6 Å². The van der Waals surface area contributed by atoms with Crippen LogP contribution in [0.2, 0.25) is 0 Å². The highest BCUT2D eigenvalue weighted by Gasteiger charge is 2.10. The van der Waals surface area contributed by atoms with E-state index in [0.717, 1.165) is 12.1 Å². The largest absolute Gasteiger partial charge is 0.463 e. The molecule has 0 aromatic carbocycles. The molecule has 0 radical (unpaired) electrons. The van der Waals surface area contributed by atoms with Gasteiger partial charge in [-0.3, -0.25) is 9.78 Å². The molecule has 17 heavy (non-hydrogen) atoms. The fraction of sp³-hybridized carbons (Fsp3) is 0.545. The molecule has 92 valence electrons. The molecule has 0 saturated carbocycles. The van der Waals surface area contributed by atoms with Crippen molar-refractivity contribution in [3.05, 3.63) is 22.1 Å². The number of nitrogens with zero attached hydrogens (tertiary/aromatic N) is 3. The standard InChI is InChI=1S/C11H16N4O2/c1-4-17-11-13-10-12-9(16)6-8(5-7(2)3)15(10)14-11/h6-7H,4-5H2,1-3H3,(H,12,13,14,16). The fourth-order valence-corrected chi connectivity index (χ4v) is 1.69. The number of ether oxygens (including phenoxy) is 1. The van der Waals surface area contributed by atoms with Gasteiger partial charge in [-0.15, -0.1) is 5.10 Å². The van der Waals surface area contributed by atoms with E-state index >= 15 is 0 Å². The molecule has 0 spiro atoms. The lowest BCUT2D eigenvalue weighted by atomic mass is 10.1. The van der Waals surface area contributed by atoms with E-state index < -0.39 is 0 Å². The molecule has 0 aliphatic carbocycles. The van der Waals surface area contributed by atoms with Crippen LogP contribution in [0, 0.1) is 5.92 Å². The number of hydrogen-bond acceptors (Lipinski definition) is 4. The zero-order chi connectivity index (χ0) is 12.4. The van der Waals surface area contributed by atoms with Gasteiger partial charge in [0.05, 0.1) is 12.3 Å². The molecule has 2 aromatic rings. The first-order valence-corrected chi connectivity index (χ1v) is 5.72. The quantitative estimate of drug-likeness (QED) is 0.860. The average Bonchev–Trinajstić information content (AvgIpc) is 2.60. The lowest BCUT2D eigenvalue weighted by Gasteiger charge is -2.05. The summed E-state index contributed by atoms with van der Waals surface area (Å²) in [4.78, 5) is 18.2. The predicted octanol–water partition coefficient (Wildman–Crippen LogP) is 1.01. The summed E-state index contributed by atoms with van der Waals surface area (Å²) in [5.74, 6) is 0.872. The van der Waals surface area contributed by atoms with Crippen LogP contribution in [0.1, 0.15) is 26.5 Å². The molecule has 0 atom stereocenters. The summed E-state index contributed by atoms with van der Waals surface area (Å²) in [6.45, 7) is 6.55. The normalized spacial score (nSPS) is 11.3. The number of rotatable bonds is 4. The molecule has 0 aliphatic rings. The van der Waals surface area contributed by atoms with Crippen molar-refractivity contribution in [2.75, 3.05) is 6.61 Å². The first-order valence-electron chi connectivity index (χ1n) is 5.72. The molecular formula is C11H16N4O2. The van der Waals surface area contributed by atoms with Crippen molar-refractivity contribution in [1.82, 2.24) is 19.6 Å². The van der Waals surface area contributed by atoms with Crippen LogP contribution in [0.5, 0.6) is 6.01 Å².